The van der Waals surface area contributed by atoms with Gasteiger partial charge in [0.2, 0.25) is 0 Å². The number of benzene rings is 2. The molecule has 0 atom stereocenters. The number of hydrogen-bond acceptors (Lipinski definition) is 4. The Labute approximate surface area is 154 Å². The van der Waals surface area contributed by atoms with E-state index in [-0.39, 0.29) is 17.1 Å². The average molecular weight is 363 g/mol. The second-order valence-electron chi connectivity index (χ2n) is 5.92. The molecule has 0 unspecified atom stereocenters. The fourth-order valence-corrected chi connectivity index (χ4v) is 3.99. The quantitative estimate of drug-likeness (QED) is 0.332. The molecule has 2 aromatic carbocycles. The predicted octanol–water partition coefficient (Wildman–Crippen LogP) is 3.87. The Morgan fingerprint density at radius 3 is 2.65 bits per heavy atom. The number of para-hydroxylation sites is 2. The maximum atomic E-state index is 12.7. The first-order chi connectivity index (χ1) is 12.7. The lowest BCUT2D eigenvalue weighted by molar-refractivity contribution is 0.102. The van der Waals surface area contributed by atoms with Gasteiger partial charge in [-0.1, -0.05) is 42.1 Å². The van der Waals surface area contributed by atoms with Crippen molar-refractivity contribution in [1.82, 2.24) is 14.5 Å². The summed E-state index contributed by atoms with van der Waals surface area (Å²) in [5.41, 5.74) is 2.19. The number of H-pyrrole nitrogens is 1. The van der Waals surface area contributed by atoms with Crippen molar-refractivity contribution < 1.29 is 4.79 Å². The van der Waals surface area contributed by atoms with Gasteiger partial charge >= 0.3 is 0 Å². The number of nitrogens with one attached hydrogen (secondary N) is 1. The number of aromatic nitrogens is 3. The minimum absolute atomic E-state index is 0.0116. The lowest BCUT2D eigenvalue weighted by atomic mass is 10.1. The van der Waals surface area contributed by atoms with E-state index < -0.39 is 0 Å². The van der Waals surface area contributed by atoms with E-state index >= 15 is 0 Å². The van der Waals surface area contributed by atoms with Crippen LogP contribution < -0.4 is 5.56 Å². The molecule has 1 N–H and O–H groups in total. The monoisotopic (exact) mass is 363 g/mol. The standard InChI is InChI=1S/C20H17N3O2S/c1-2-23-19(25)14-8-4-6-10-17(14)22-20(23)26-12-18(24)15-11-21-16-9-5-3-7-13(15)16/h3-11,21H,2,12H2,1H3. The van der Waals surface area contributed by atoms with Crippen LogP contribution in [0.5, 0.6) is 0 Å². The number of fused-ring (bicyclic) bond motifs is 2. The van der Waals surface area contributed by atoms with E-state index in [4.69, 9.17) is 0 Å². The molecule has 4 rings (SSSR count). The summed E-state index contributed by atoms with van der Waals surface area (Å²) in [5.74, 6) is 0.240. The molecule has 0 aliphatic rings. The fourth-order valence-electron chi connectivity index (χ4n) is 3.05. The van der Waals surface area contributed by atoms with Crippen LogP contribution in [-0.2, 0) is 6.54 Å². The van der Waals surface area contributed by atoms with Gasteiger partial charge in [0.15, 0.2) is 10.9 Å². The van der Waals surface area contributed by atoms with Crippen LogP contribution in [-0.4, -0.2) is 26.1 Å². The van der Waals surface area contributed by atoms with E-state index in [1.165, 1.54) is 11.8 Å². The van der Waals surface area contributed by atoms with Crippen molar-refractivity contribution in [2.45, 2.75) is 18.6 Å². The van der Waals surface area contributed by atoms with Crippen molar-refractivity contribution in [2.24, 2.45) is 0 Å². The zero-order chi connectivity index (χ0) is 18.1. The van der Waals surface area contributed by atoms with Gasteiger partial charge in [-0.15, -0.1) is 0 Å². The van der Waals surface area contributed by atoms with Crippen LogP contribution in [0.1, 0.15) is 17.3 Å². The SMILES string of the molecule is CCn1c(SCC(=O)c2c[nH]c3ccccc23)nc2ccccc2c1=O. The Morgan fingerprint density at radius 2 is 1.85 bits per heavy atom. The van der Waals surface area contributed by atoms with E-state index in [0.29, 0.717) is 28.2 Å². The number of carbonyl (C=O) groups is 1. The Balaban J connectivity index is 1.65. The lowest BCUT2D eigenvalue weighted by Crippen LogP contribution is -2.22. The third-order valence-electron chi connectivity index (χ3n) is 4.36. The molecule has 0 bridgehead atoms. The van der Waals surface area contributed by atoms with Gasteiger partial charge in [0.1, 0.15) is 0 Å². The highest BCUT2D eigenvalue weighted by molar-refractivity contribution is 7.99. The van der Waals surface area contributed by atoms with Gasteiger partial charge in [0.25, 0.3) is 5.56 Å². The highest BCUT2D eigenvalue weighted by atomic mass is 32.2. The summed E-state index contributed by atoms with van der Waals surface area (Å²) >= 11 is 1.30. The molecule has 0 aliphatic heterocycles. The van der Waals surface area contributed by atoms with Crippen LogP contribution in [0.2, 0.25) is 0 Å². The van der Waals surface area contributed by atoms with Gasteiger partial charge in [-0.2, -0.15) is 0 Å². The molecule has 5 nitrogen and oxygen atoms in total. The van der Waals surface area contributed by atoms with Crippen LogP contribution in [0.15, 0.2) is 64.7 Å². The summed E-state index contributed by atoms with van der Waals surface area (Å²) < 4.78 is 1.62. The molecule has 2 heterocycles. The summed E-state index contributed by atoms with van der Waals surface area (Å²) in [4.78, 5) is 33.0. The van der Waals surface area contributed by atoms with Crippen LogP contribution >= 0.6 is 11.8 Å². The minimum atomic E-state index is -0.0693. The summed E-state index contributed by atoms with van der Waals surface area (Å²) in [7, 11) is 0. The topological polar surface area (TPSA) is 67.8 Å². The summed E-state index contributed by atoms with van der Waals surface area (Å²) in [6.07, 6.45) is 1.74. The summed E-state index contributed by atoms with van der Waals surface area (Å²) in [6, 6.07) is 15.0. The maximum Gasteiger partial charge on any atom is 0.262 e. The third-order valence-corrected chi connectivity index (χ3v) is 5.34. The molecule has 0 fully saturated rings. The zero-order valence-electron chi connectivity index (χ0n) is 14.2. The Hall–Kier alpha value is -2.86. The molecule has 0 amide bonds. The summed E-state index contributed by atoms with van der Waals surface area (Å²) in [6.45, 7) is 2.42. The minimum Gasteiger partial charge on any atom is -0.360 e. The Kier molecular flexibility index (Phi) is 4.34. The predicted molar refractivity (Wildman–Crippen MR) is 105 cm³/mol. The van der Waals surface area contributed by atoms with Crippen molar-refractivity contribution in [3.05, 3.63) is 70.6 Å². The highest BCUT2D eigenvalue weighted by Gasteiger charge is 2.15. The largest absolute Gasteiger partial charge is 0.360 e. The average Bonchev–Trinajstić information content (AvgIpc) is 3.10. The van der Waals surface area contributed by atoms with E-state index in [9.17, 15) is 9.59 Å². The van der Waals surface area contributed by atoms with Gasteiger partial charge in [0, 0.05) is 29.2 Å². The second-order valence-corrected chi connectivity index (χ2v) is 6.86. The molecule has 0 radical (unpaired) electrons. The normalized spacial score (nSPS) is 11.3. The van der Waals surface area contributed by atoms with Crippen LogP contribution in [0, 0.1) is 0 Å². The van der Waals surface area contributed by atoms with Crippen molar-refractivity contribution in [3.63, 3.8) is 0 Å². The van der Waals surface area contributed by atoms with Gasteiger partial charge in [-0.05, 0) is 25.1 Å². The Bertz CT molecular complexity index is 1180. The molecule has 4 aromatic rings. The first-order valence-corrected chi connectivity index (χ1v) is 9.39. The number of hydrogen-bond donors (Lipinski definition) is 1. The number of nitrogens with zero attached hydrogens (tertiary/aromatic N) is 2. The molecule has 0 saturated heterocycles. The second kappa shape index (κ2) is 6.80. The van der Waals surface area contributed by atoms with Crippen molar-refractivity contribution in [3.8, 4) is 0 Å². The van der Waals surface area contributed by atoms with E-state index in [2.05, 4.69) is 9.97 Å². The van der Waals surface area contributed by atoms with E-state index in [1.807, 2.05) is 49.4 Å². The van der Waals surface area contributed by atoms with E-state index in [1.54, 1.807) is 16.8 Å². The van der Waals surface area contributed by atoms with Crippen LogP contribution in [0.25, 0.3) is 21.8 Å². The molecule has 0 saturated carbocycles. The number of rotatable bonds is 5. The van der Waals surface area contributed by atoms with Crippen LogP contribution in [0.3, 0.4) is 0 Å². The Morgan fingerprint density at radius 1 is 1.12 bits per heavy atom. The molecule has 0 spiro atoms. The van der Waals surface area contributed by atoms with Crippen LogP contribution in [0.4, 0.5) is 0 Å². The number of Topliss-reactive ketones (excluding diaryl/α,β-unsaturated/α-hetero) is 1. The smallest absolute Gasteiger partial charge is 0.262 e. The maximum absolute atomic E-state index is 12.7. The first kappa shape index (κ1) is 16.6. The van der Waals surface area contributed by atoms with Gasteiger partial charge < -0.3 is 4.98 Å². The van der Waals surface area contributed by atoms with Gasteiger partial charge in [-0.25, -0.2) is 4.98 Å². The number of thioether (sulfide) groups is 1. The summed E-state index contributed by atoms with van der Waals surface area (Å²) in [5, 5.41) is 2.09. The fraction of sp³-hybridized carbons (Fsp3) is 0.150. The third kappa shape index (κ3) is 2.82. The molecule has 26 heavy (non-hydrogen) atoms. The number of ketones is 1. The zero-order valence-corrected chi connectivity index (χ0v) is 15.0. The van der Waals surface area contributed by atoms with Crippen molar-refractivity contribution in [1.29, 1.82) is 0 Å². The molecular formula is C20H17N3O2S. The molecule has 2 aromatic heterocycles. The van der Waals surface area contributed by atoms with Gasteiger partial charge in [0.05, 0.1) is 16.7 Å². The lowest BCUT2D eigenvalue weighted by Gasteiger charge is -2.10. The molecule has 6 heteroatoms. The van der Waals surface area contributed by atoms with E-state index in [0.717, 1.165) is 10.9 Å². The highest BCUT2D eigenvalue weighted by Crippen LogP contribution is 2.23. The first-order valence-electron chi connectivity index (χ1n) is 8.40. The molecule has 130 valence electrons. The number of carbonyl (C=O) groups excluding carboxylic acids is 1. The van der Waals surface area contributed by atoms with Gasteiger partial charge in [-0.3, -0.25) is 14.2 Å². The van der Waals surface area contributed by atoms with Crippen molar-refractivity contribution in [2.75, 3.05) is 5.75 Å². The number of aromatic amines is 1. The molecule has 0 aliphatic carbocycles. The molecular weight excluding hydrogens is 346 g/mol. The van der Waals surface area contributed by atoms with Crippen molar-refractivity contribution >= 4 is 39.4 Å².